The van der Waals surface area contributed by atoms with Gasteiger partial charge in [0.05, 0.1) is 16.9 Å². The number of rotatable bonds is 5. The third kappa shape index (κ3) is 5.78. The summed E-state index contributed by atoms with van der Waals surface area (Å²) in [5.74, 6) is -3.98. The number of nitrogens with one attached hydrogen (secondary N) is 1. The van der Waals surface area contributed by atoms with Gasteiger partial charge in [-0.2, -0.15) is 26.3 Å². The number of halogens is 11. The van der Waals surface area contributed by atoms with E-state index in [1.807, 2.05) is 0 Å². The van der Waals surface area contributed by atoms with Crippen molar-refractivity contribution >= 4 is 55.0 Å². The Morgan fingerprint density at radius 2 is 1.36 bits per heavy atom. The number of hydrogen-bond acceptors (Lipinski definition) is 2. The molecule has 15 heteroatoms. The molecule has 0 atom stereocenters. The lowest BCUT2D eigenvalue weighted by atomic mass is 9.94. The molecule has 0 aliphatic rings. The first-order chi connectivity index (χ1) is 17.9. The molecule has 3 aromatic carbocycles. The molecule has 4 nitrogen and oxygen atoms in total. The Morgan fingerprint density at radius 1 is 0.821 bits per heavy atom. The lowest BCUT2D eigenvalue weighted by molar-refractivity contribution is -0.348. The van der Waals surface area contributed by atoms with Gasteiger partial charge in [0.1, 0.15) is 5.82 Å². The topological polar surface area (TPSA) is 49.4 Å². The Bertz CT molecular complexity index is 1400. The van der Waals surface area contributed by atoms with Gasteiger partial charge < -0.3 is 10.2 Å². The van der Waals surface area contributed by atoms with Crippen molar-refractivity contribution in [3.63, 3.8) is 0 Å². The van der Waals surface area contributed by atoms with Crippen LogP contribution in [-0.4, -0.2) is 31.2 Å². The van der Waals surface area contributed by atoms with E-state index in [1.165, 1.54) is 18.2 Å². The summed E-state index contributed by atoms with van der Waals surface area (Å²) in [6.07, 6.45) is -12.7. The molecule has 0 fully saturated rings. The quantitative estimate of drug-likeness (QED) is 0.274. The average Bonchev–Trinajstić information content (AvgIpc) is 2.83. The second-order valence-corrected chi connectivity index (χ2v) is 9.64. The van der Waals surface area contributed by atoms with Crippen molar-refractivity contribution in [1.82, 2.24) is 0 Å². The Morgan fingerprint density at radius 3 is 1.87 bits per heavy atom. The largest absolute Gasteiger partial charge is 0.435 e. The van der Waals surface area contributed by atoms with Crippen LogP contribution < -0.4 is 10.2 Å². The summed E-state index contributed by atoms with van der Waals surface area (Å²) < 4.78 is 121. The monoisotopic (exact) mass is 690 g/mol. The van der Waals surface area contributed by atoms with Gasteiger partial charge in [-0.15, -0.1) is 0 Å². The van der Waals surface area contributed by atoms with Crippen LogP contribution in [0.3, 0.4) is 0 Å². The molecular formula is C24H13Br2F9N2O2. The van der Waals surface area contributed by atoms with E-state index in [4.69, 9.17) is 0 Å². The summed E-state index contributed by atoms with van der Waals surface area (Å²) in [6.45, 7) is 0. The maximum Gasteiger partial charge on any atom is 0.435 e. The van der Waals surface area contributed by atoms with Crippen molar-refractivity contribution in [3.05, 3.63) is 91.9 Å². The predicted molar refractivity (Wildman–Crippen MR) is 130 cm³/mol. The van der Waals surface area contributed by atoms with Gasteiger partial charge in [-0.25, -0.2) is 13.2 Å². The number of carbonyl (C=O) groups is 2. The van der Waals surface area contributed by atoms with Crippen molar-refractivity contribution < 1.29 is 49.1 Å². The van der Waals surface area contributed by atoms with E-state index in [-0.39, 0.29) is 17.7 Å². The smallest absolute Gasteiger partial charge is 0.320 e. The average molecular weight is 692 g/mol. The fourth-order valence-electron chi connectivity index (χ4n) is 3.44. The van der Waals surface area contributed by atoms with E-state index < -0.39 is 72.9 Å². The van der Waals surface area contributed by atoms with Gasteiger partial charge in [-0.3, -0.25) is 9.59 Å². The fourth-order valence-corrected chi connectivity index (χ4v) is 4.82. The normalized spacial score (nSPS) is 12.3. The van der Waals surface area contributed by atoms with Gasteiger partial charge in [-0.1, -0.05) is 12.1 Å². The number of anilines is 2. The van der Waals surface area contributed by atoms with E-state index in [9.17, 15) is 44.7 Å². The number of hydrogen-bond donors (Lipinski definition) is 1. The first kappa shape index (κ1) is 30.5. The molecule has 1 N–H and O–H groups in total. The highest BCUT2D eigenvalue weighted by molar-refractivity contribution is 9.11. The lowest BCUT2D eigenvalue weighted by Gasteiger charge is -2.31. The van der Waals surface area contributed by atoms with Crippen LogP contribution in [0.4, 0.5) is 50.9 Å². The number of carbonyl (C=O) groups excluding carboxylic acids is 2. The lowest BCUT2D eigenvalue weighted by Crippen LogP contribution is -2.50. The Balaban J connectivity index is 1.96. The number of nitrogens with zero attached hydrogens (tertiary/aromatic N) is 1. The zero-order valence-electron chi connectivity index (χ0n) is 19.1. The molecule has 0 saturated heterocycles. The maximum atomic E-state index is 15.3. The van der Waals surface area contributed by atoms with Crippen LogP contribution >= 0.6 is 31.9 Å². The first-order valence-corrected chi connectivity index (χ1v) is 11.9. The van der Waals surface area contributed by atoms with E-state index in [1.54, 1.807) is 0 Å². The molecule has 0 bridgehead atoms. The Hall–Kier alpha value is -3.07. The molecule has 39 heavy (non-hydrogen) atoms. The SMILES string of the molecule is CN(C(=O)c1cccc(F)c1)c1cccc(C(=O)Nc2c(Br)cc(C(F)(C(F)(F)F)C(F)(F)F)cc2Br)c1F. The minimum atomic E-state index is -6.37. The van der Waals surface area contributed by atoms with Crippen LogP contribution in [0.5, 0.6) is 0 Å². The standard InChI is InChI=1S/C24H13Br2F9N2O2/c1-37(21(39)11-4-2-5-13(27)8-11)17-7-3-6-14(18(17)28)20(38)36-19-15(25)9-12(10-16(19)26)22(29,23(30,31)32)24(33,34)35/h2-10H,1H3,(H,36,38). The van der Waals surface area contributed by atoms with Crippen molar-refractivity contribution in [2.75, 3.05) is 17.3 Å². The zero-order chi connectivity index (χ0) is 29.5. The van der Waals surface area contributed by atoms with Gasteiger partial charge in [0.25, 0.3) is 11.8 Å². The highest BCUT2D eigenvalue weighted by atomic mass is 79.9. The number of alkyl halides is 7. The molecule has 0 spiro atoms. The Labute approximate surface area is 231 Å². The molecular weight excluding hydrogens is 679 g/mol. The highest BCUT2D eigenvalue weighted by Gasteiger charge is 2.73. The summed E-state index contributed by atoms with van der Waals surface area (Å²) >= 11 is 5.42. The van der Waals surface area contributed by atoms with Gasteiger partial charge in [0.15, 0.2) is 5.82 Å². The van der Waals surface area contributed by atoms with Crippen molar-refractivity contribution in [2.45, 2.75) is 18.0 Å². The van der Waals surface area contributed by atoms with E-state index in [0.717, 1.165) is 36.2 Å². The third-order valence-corrected chi connectivity index (χ3v) is 6.67. The van der Waals surface area contributed by atoms with Gasteiger partial charge in [-0.05, 0) is 74.3 Å². The van der Waals surface area contributed by atoms with Crippen molar-refractivity contribution in [3.8, 4) is 0 Å². The first-order valence-electron chi connectivity index (χ1n) is 10.4. The van der Waals surface area contributed by atoms with E-state index >= 15 is 4.39 Å². The van der Waals surface area contributed by atoms with Crippen LogP contribution in [0, 0.1) is 11.6 Å². The van der Waals surface area contributed by atoms with Crippen LogP contribution in [0.2, 0.25) is 0 Å². The summed E-state index contributed by atoms with van der Waals surface area (Å²) in [6, 6.07) is 8.22. The summed E-state index contributed by atoms with van der Waals surface area (Å²) in [5.41, 5.74) is -9.19. The third-order valence-electron chi connectivity index (χ3n) is 5.42. The summed E-state index contributed by atoms with van der Waals surface area (Å²) in [7, 11) is 1.16. The molecule has 2 amide bonds. The molecule has 208 valence electrons. The molecule has 0 saturated carbocycles. The molecule has 0 heterocycles. The van der Waals surface area contributed by atoms with Gasteiger partial charge in [0.2, 0.25) is 0 Å². The Kier molecular flexibility index (Phi) is 8.46. The molecule has 3 rings (SSSR count). The maximum absolute atomic E-state index is 15.3. The van der Waals surface area contributed by atoms with Crippen molar-refractivity contribution in [2.24, 2.45) is 0 Å². The second-order valence-electron chi connectivity index (χ2n) is 7.94. The fraction of sp³-hybridized carbons (Fsp3) is 0.167. The molecule has 0 aliphatic carbocycles. The molecule has 3 aromatic rings. The van der Waals surface area contributed by atoms with Crippen LogP contribution in [-0.2, 0) is 5.67 Å². The highest BCUT2D eigenvalue weighted by Crippen LogP contribution is 2.54. The van der Waals surface area contributed by atoms with E-state index in [0.29, 0.717) is 0 Å². The van der Waals surface area contributed by atoms with Crippen LogP contribution in [0.25, 0.3) is 0 Å². The van der Waals surface area contributed by atoms with Crippen LogP contribution in [0.1, 0.15) is 26.3 Å². The summed E-state index contributed by atoms with van der Waals surface area (Å²) in [4.78, 5) is 26.3. The van der Waals surface area contributed by atoms with E-state index in [2.05, 4.69) is 37.2 Å². The van der Waals surface area contributed by atoms with Crippen molar-refractivity contribution in [1.29, 1.82) is 0 Å². The van der Waals surface area contributed by atoms with Gasteiger partial charge in [0, 0.05) is 27.1 Å². The summed E-state index contributed by atoms with van der Waals surface area (Å²) in [5, 5.41) is 2.12. The molecule has 0 unspecified atom stereocenters. The molecule has 0 aliphatic heterocycles. The molecule has 0 radical (unpaired) electrons. The minimum absolute atomic E-state index is 0.124. The minimum Gasteiger partial charge on any atom is -0.320 e. The van der Waals surface area contributed by atoms with Crippen LogP contribution in [0.15, 0.2) is 63.5 Å². The second kappa shape index (κ2) is 10.8. The number of amides is 2. The zero-order valence-corrected chi connectivity index (χ0v) is 22.3. The predicted octanol–water partition coefficient (Wildman–Crippen LogP) is 8.31. The molecule has 0 aromatic heterocycles. The van der Waals surface area contributed by atoms with Gasteiger partial charge >= 0.3 is 18.0 Å². The number of benzene rings is 3.